The van der Waals surface area contributed by atoms with E-state index in [1.54, 1.807) is 30.3 Å². The van der Waals surface area contributed by atoms with Gasteiger partial charge >= 0.3 is 6.03 Å². The van der Waals surface area contributed by atoms with Crippen molar-refractivity contribution in [3.63, 3.8) is 0 Å². The normalized spacial score (nSPS) is 10.3. The summed E-state index contributed by atoms with van der Waals surface area (Å²) in [6.07, 6.45) is 0. The molecule has 0 aliphatic carbocycles. The molecule has 0 unspecified atom stereocenters. The van der Waals surface area contributed by atoms with Crippen molar-refractivity contribution in [1.82, 2.24) is 0 Å². The smallest absolute Gasteiger partial charge is 0.323 e. The van der Waals surface area contributed by atoms with Crippen molar-refractivity contribution >= 4 is 29.0 Å². The summed E-state index contributed by atoms with van der Waals surface area (Å²) in [5.41, 5.74) is 1.97. The summed E-state index contributed by atoms with van der Waals surface area (Å²) in [7, 11) is 0. The quantitative estimate of drug-likeness (QED) is 0.623. The lowest BCUT2D eigenvalue weighted by molar-refractivity contribution is 0.260. The first kappa shape index (κ1) is 20.7. The molecule has 0 heterocycles. The Morgan fingerprint density at radius 3 is 2.11 bits per heavy atom. The zero-order valence-electron chi connectivity index (χ0n) is 16.0. The Hall–Kier alpha value is -2.60. The van der Waals surface area contributed by atoms with Crippen LogP contribution in [0.4, 0.5) is 16.2 Å². The van der Waals surface area contributed by atoms with Crippen LogP contribution in [0.3, 0.4) is 0 Å². The first-order valence-corrected chi connectivity index (χ1v) is 9.27. The number of hydrogen-bond acceptors (Lipinski definition) is 4. The van der Waals surface area contributed by atoms with Crippen LogP contribution in [0.5, 0.6) is 17.2 Å². The van der Waals surface area contributed by atoms with E-state index in [1.807, 2.05) is 27.7 Å². The van der Waals surface area contributed by atoms with E-state index in [2.05, 4.69) is 10.6 Å². The highest BCUT2D eigenvalue weighted by Crippen LogP contribution is 2.40. The number of nitrogens with one attached hydrogen (secondary N) is 2. The van der Waals surface area contributed by atoms with Crippen LogP contribution in [0.1, 0.15) is 26.3 Å². The van der Waals surface area contributed by atoms with Crippen molar-refractivity contribution < 1.29 is 19.0 Å². The average Bonchev–Trinajstić information content (AvgIpc) is 2.62. The molecule has 0 fully saturated rings. The van der Waals surface area contributed by atoms with Gasteiger partial charge in [0.05, 0.1) is 25.5 Å². The van der Waals surface area contributed by atoms with Crippen molar-refractivity contribution in [2.75, 3.05) is 30.5 Å². The van der Waals surface area contributed by atoms with Crippen molar-refractivity contribution in [2.45, 2.75) is 27.7 Å². The monoisotopic (exact) mass is 392 g/mol. The topological polar surface area (TPSA) is 68.8 Å². The fourth-order valence-electron chi connectivity index (χ4n) is 2.49. The fourth-order valence-corrected chi connectivity index (χ4v) is 2.66. The molecule has 2 aromatic carbocycles. The second-order valence-corrected chi connectivity index (χ2v) is 6.00. The Morgan fingerprint density at radius 1 is 0.963 bits per heavy atom. The van der Waals surface area contributed by atoms with Gasteiger partial charge in [-0.3, -0.25) is 0 Å². The molecule has 0 saturated carbocycles. The molecule has 0 bridgehead atoms. The van der Waals surface area contributed by atoms with E-state index in [-0.39, 0.29) is 0 Å². The van der Waals surface area contributed by atoms with Gasteiger partial charge in [-0.1, -0.05) is 17.7 Å². The van der Waals surface area contributed by atoms with Crippen molar-refractivity contribution in [3.05, 3.63) is 40.9 Å². The summed E-state index contributed by atoms with van der Waals surface area (Å²) >= 11 is 6.10. The third kappa shape index (κ3) is 5.44. The van der Waals surface area contributed by atoms with Gasteiger partial charge in [-0.05, 0) is 45.4 Å². The second-order valence-electron chi connectivity index (χ2n) is 5.59. The predicted octanol–water partition coefficient (Wildman–Crippen LogP) is 5.49. The highest BCUT2D eigenvalue weighted by Gasteiger charge is 2.16. The third-order valence-electron chi connectivity index (χ3n) is 3.68. The van der Waals surface area contributed by atoms with Gasteiger partial charge in [-0.25, -0.2) is 4.79 Å². The van der Waals surface area contributed by atoms with Crippen LogP contribution in [-0.2, 0) is 0 Å². The largest absolute Gasteiger partial charge is 0.490 e. The van der Waals surface area contributed by atoms with Gasteiger partial charge in [0.1, 0.15) is 0 Å². The zero-order chi connectivity index (χ0) is 19.8. The number of amides is 2. The van der Waals surface area contributed by atoms with Gasteiger partial charge in [0.15, 0.2) is 11.5 Å². The van der Waals surface area contributed by atoms with E-state index in [0.717, 1.165) is 5.56 Å². The molecular weight excluding hydrogens is 368 g/mol. The lowest BCUT2D eigenvalue weighted by Gasteiger charge is -2.18. The second kappa shape index (κ2) is 9.92. The Morgan fingerprint density at radius 2 is 1.56 bits per heavy atom. The Balaban J connectivity index is 2.26. The van der Waals surface area contributed by atoms with E-state index in [0.29, 0.717) is 53.5 Å². The van der Waals surface area contributed by atoms with Crippen LogP contribution in [0.2, 0.25) is 5.02 Å². The number of rotatable bonds is 8. The summed E-state index contributed by atoms with van der Waals surface area (Å²) in [5.74, 6) is 1.55. The number of carbonyl (C=O) groups excluding carboxylic acids is 1. The van der Waals surface area contributed by atoms with Gasteiger partial charge in [-0.15, -0.1) is 0 Å². The first-order valence-electron chi connectivity index (χ1n) is 8.89. The molecule has 146 valence electrons. The Bertz CT molecular complexity index is 769. The van der Waals surface area contributed by atoms with Gasteiger partial charge in [0, 0.05) is 22.8 Å². The van der Waals surface area contributed by atoms with E-state index < -0.39 is 6.03 Å². The minimum Gasteiger partial charge on any atom is -0.490 e. The molecule has 0 atom stereocenters. The molecule has 2 N–H and O–H groups in total. The number of carbonyl (C=O) groups is 1. The first-order chi connectivity index (χ1) is 13.0. The Kier molecular flexibility index (Phi) is 7.61. The van der Waals surface area contributed by atoms with Crippen LogP contribution in [0, 0.1) is 6.92 Å². The molecule has 0 aliphatic rings. The van der Waals surface area contributed by atoms with Crippen molar-refractivity contribution in [3.8, 4) is 17.2 Å². The molecule has 6 nitrogen and oxygen atoms in total. The van der Waals surface area contributed by atoms with Crippen LogP contribution >= 0.6 is 11.6 Å². The Labute approximate surface area is 164 Å². The number of benzene rings is 2. The van der Waals surface area contributed by atoms with E-state index >= 15 is 0 Å². The maximum atomic E-state index is 12.4. The minimum absolute atomic E-state index is 0.394. The molecule has 0 aromatic heterocycles. The molecule has 0 saturated heterocycles. The molecule has 2 amide bonds. The average molecular weight is 393 g/mol. The highest BCUT2D eigenvalue weighted by molar-refractivity contribution is 6.31. The maximum absolute atomic E-state index is 12.4. The zero-order valence-corrected chi connectivity index (χ0v) is 16.8. The van der Waals surface area contributed by atoms with Gasteiger partial charge in [0.2, 0.25) is 5.75 Å². The molecule has 2 rings (SSSR count). The molecule has 0 aliphatic heterocycles. The van der Waals surface area contributed by atoms with Gasteiger partial charge < -0.3 is 24.8 Å². The lowest BCUT2D eigenvalue weighted by Crippen LogP contribution is -2.20. The standard InChI is InChI=1S/C20H25ClN2O4/c1-5-25-17-11-14(12-18(26-6-2)19(17)27-7-3)22-20(24)23-16-10-8-9-15(21)13(16)4/h8-12H,5-7H2,1-4H3,(H2,22,23,24). The van der Waals surface area contributed by atoms with Gasteiger partial charge in [0.25, 0.3) is 0 Å². The number of urea groups is 1. The molecule has 27 heavy (non-hydrogen) atoms. The predicted molar refractivity (Wildman–Crippen MR) is 109 cm³/mol. The third-order valence-corrected chi connectivity index (χ3v) is 4.09. The number of ether oxygens (including phenoxy) is 3. The molecule has 0 radical (unpaired) electrons. The van der Waals surface area contributed by atoms with E-state index in [9.17, 15) is 4.79 Å². The highest BCUT2D eigenvalue weighted by atomic mass is 35.5. The van der Waals surface area contributed by atoms with Crippen LogP contribution in [-0.4, -0.2) is 25.9 Å². The molecular formula is C20H25ClN2O4. The summed E-state index contributed by atoms with van der Waals surface area (Å²) in [6.45, 7) is 8.89. The van der Waals surface area contributed by atoms with Crippen molar-refractivity contribution in [2.24, 2.45) is 0 Å². The number of hydrogen-bond donors (Lipinski definition) is 2. The van der Waals surface area contributed by atoms with Crippen LogP contribution in [0.25, 0.3) is 0 Å². The van der Waals surface area contributed by atoms with Gasteiger partial charge in [-0.2, -0.15) is 0 Å². The summed E-state index contributed by atoms with van der Waals surface area (Å²) in [4.78, 5) is 12.4. The molecule has 7 heteroatoms. The lowest BCUT2D eigenvalue weighted by atomic mass is 10.2. The maximum Gasteiger partial charge on any atom is 0.323 e. The SMILES string of the molecule is CCOc1cc(NC(=O)Nc2cccc(Cl)c2C)cc(OCC)c1OCC. The molecule has 2 aromatic rings. The summed E-state index contributed by atoms with van der Waals surface area (Å²) in [6, 6.07) is 8.37. The summed E-state index contributed by atoms with van der Waals surface area (Å²) < 4.78 is 17.0. The molecule has 0 spiro atoms. The summed E-state index contributed by atoms with van der Waals surface area (Å²) in [5, 5.41) is 6.18. The number of anilines is 2. The fraction of sp³-hybridized carbons (Fsp3) is 0.350. The number of halogens is 1. The minimum atomic E-state index is -0.394. The van der Waals surface area contributed by atoms with Crippen LogP contribution < -0.4 is 24.8 Å². The van der Waals surface area contributed by atoms with E-state index in [1.165, 1.54) is 0 Å². The van der Waals surface area contributed by atoms with Crippen molar-refractivity contribution in [1.29, 1.82) is 0 Å². The van der Waals surface area contributed by atoms with E-state index in [4.69, 9.17) is 25.8 Å². The van der Waals surface area contributed by atoms with Crippen LogP contribution in [0.15, 0.2) is 30.3 Å².